The highest BCUT2D eigenvalue weighted by Crippen LogP contribution is 2.24. The molecule has 0 bridgehead atoms. The summed E-state index contributed by atoms with van der Waals surface area (Å²) in [7, 11) is 0. The Morgan fingerprint density at radius 2 is 1.71 bits per heavy atom. The molecule has 2 saturated heterocycles. The van der Waals surface area contributed by atoms with Gasteiger partial charge in [0.05, 0.1) is 11.7 Å². The first kappa shape index (κ1) is 23.7. The van der Waals surface area contributed by atoms with Crippen LogP contribution in [0.2, 0.25) is 0 Å². The number of hydrogen-bond acceptors (Lipinski definition) is 6. The molecule has 0 spiro atoms. The van der Waals surface area contributed by atoms with E-state index in [2.05, 4.69) is 31.9 Å². The molecule has 2 fully saturated rings. The van der Waals surface area contributed by atoms with Gasteiger partial charge >= 0.3 is 0 Å². The van der Waals surface area contributed by atoms with Crippen molar-refractivity contribution in [3.8, 4) is 0 Å². The van der Waals surface area contributed by atoms with E-state index in [0.717, 1.165) is 30.9 Å². The lowest BCUT2D eigenvalue weighted by atomic mass is 9.93. The number of amides is 2. The Kier molecular flexibility index (Phi) is 7.24. The largest absolute Gasteiger partial charge is 0.368 e. The molecule has 5 rings (SSSR count). The first-order valence-electron chi connectivity index (χ1n) is 11.9. The Labute approximate surface area is 208 Å². The van der Waals surface area contributed by atoms with Crippen molar-refractivity contribution in [1.82, 2.24) is 9.80 Å². The maximum absolute atomic E-state index is 13.2. The summed E-state index contributed by atoms with van der Waals surface area (Å²) < 4.78 is 13.2. The number of hydrogen-bond donors (Lipinski definition) is 0. The fraction of sp³-hybridized carbons (Fsp3) is 0.385. The number of piperazine rings is 1. The van der Waals surface area contributed by atoms with E-state index in [0.29, 0.717) is 37.9 Å². The number of thioether (sulfide) groups is 1. The number of piperidine rings is 1. The molecular weight excluding hydrogens is 465 g/mol. The third-order valence-electron chi connectivity index (χ3n) is 6.67. The van der Waals surface area contributed by atoms with Crippen molar-refractivity contribution in [2.45, 2.75) is 13.0 Å². The smallest absolute Gasteiger partial charge is 0.258 e. The van der Waals surface area contributed by atoms with Gasteiger partial charge in [0.15, 0.2) is 5.17 Å². The second-order valence-electron chi connectivity index (χ2n) is 8.99. The molecule has 0 N–H and O–H groups in total. The lowest BCUT2D eigenvalue weighted by Crippen LogP contribution is -2.49. The number of halogens is 1. The summed E-state index contributed by atoms with van der Waals surface area (Å²) >= 11 is 1.24. The van der Waals surface area contributed by atoms with E-state index in [1.54, 1.807) is 12.1 Å². The number of carbonyl (C=O) groups excluding carboxylic acids is 2. The summed E-state index contributed by atoms with van der Waals surface area (Å²) in [5, 5.41) is 0.399. The van der Waals surface area contributed by atoms with E-state index in [4.69, 9.17) is 0 Å². The molecule has 0 saturated carbocycles. The number of carbonyl (C=O) groups is 2. The minimum absolute atomic E-state index is 0.0175. The van der Waals surface area contributed by atoms with Gasteiger partial charge in [-0.25, -0.2) is 9.38 Å². The number of likely N-dealkylation sites (tertiary alicyclic amines) is 1. The van der Waals surface area contributed by atoms with Crippen LogP contribution in [-0.2, 0) is 16.1 Å². The van der Waals surface area contributed by atoms with Crippen molar-refractivity contribution in [3.05, 3.63) is 66.0 Å². The third kappa shape index (κ3) is 5.79. The molecular formula is C26H28FN5O2S. The third-order valence-corrected chi connectivity index (χ3v) is 7.50. The molecule has 0 aromatic heterocycles. The first-order chi connectivity index (χ1) is 17.0. The van der Waals surface area contributed by atoms with E-state index in [9.17, 15) is 14.0 Å². The van der Waals surface area contributed by atoms with Crippen LogP contribution in [0.3, 0.4) is 0 Å². The highest BCUT2D eigenvalue weighted by atomic mass is 32.2. The number of benzene rings is 2. The van der Waals surface area contributed by atoms with Crippen LogP contribution < -0.4 is 4.90 Å². The summed E-state index contributed by atoms with van der Waals surface area (Å²) in [6.45, 7) is 4.91. The summed E-state index contributed by atoms with van der Waals surface area (Å²) in [6.07, 6.45) is 0.738. The van der Waals surface area contributed by atoms with Gasteiger partial charge in [0, 0.05) is 57.2 Å². The van der Waals surface area contributed by atoms with Crippen molar-refractivity contribution < 1.29 is 14.0 Å². The van der Waals surface area contributed by atoms with Gasteiger partial charge in [-0.3, -0.25) is 14.5 Å². The molecule has 3 heterocycles. The maximum atomic E-state index is 13.2. The van der Waals surface area contributed by atoms with E-state index in [1.165, 1.54) is 29.5 Å². The highest BCUT2D eigenvalue weighted by molar-refractivity contribution is 8.14. The zero-order chi connectivity index (χ0) is 24.2. The van der Waals surface area contributed by atoms with Gasteiger partial charge in [0.1, 0.15) is 5.82 Å². The van der Waals surface area contributed by atoms with Crippen LogP contribution >= 0.6 is 11.8 Å². The summed E-state index contributed by atoms with van der Waals surface area (Å²) in [5.74, 6) is -0.465. The Bertz CT molecular complexity index is 1130. The van der Waals surface area contributed by atoms with Gasteiger partial charge in [-0.05, 0) is 36.2 Å². The fourth-order valence-electron chi connectivity index (χ4n) is 4.71. The Morgan fingerprint density at radius 1 is 0.971 bits per heavy atom. The van der Waals surface area contributed by atoms with Crippen LogP contribution in [0.4, 0.5) is 10.1 Å². The molecule has 182 valence electrons. The molecule has 3 aliphatic rings. The minimum Gasteiger partial charge on any atom is -0.368 e. The van der Waals surface area contributed by atoms with Gasteiger partial charge in [0.25, 0.3) is 5.91 Å². The van der Waals surface area contributed by atoms with E-state index >= 15 is 0 Å². The van der Waals surface area contributed by atoms with E-state index < -0.39 is 0 Å². The van der Waals surface area contributed by atoms with Gasteiger partial charge < -0.3 is 9.80 Å². The minimum atomic E-state index is -0.285. The molecule has 2 aromatic carbocycles. The predicted molar refractivity (Wildman–Crippen MR) is 137 cm³/mol. The average molecular weight is 494 g/mol. The number of rotatable bonds is 5. The van der Waals surface area contributed by atoms with Crippen molar-refractivity contribution in [2.75, 3.05) is 49.9 Å². The standard InChI is InChI=1S/C26H28FN5O2S/c27-20-6-8-21(9-7-20)31-12-14-32(15-13-31)24(33)18-35-26-28-23-10-11-30(17-22(23)25(34)29-26)16-19-4-2-1-3-5-19/h1-9,22H,10-18H2/t22-/m0/s1. The molecule has 35 heavy (non-hydrogen) atoms. The zero-order valence-electron chi connectivity index (χ0n) is 19.5. The lowest BCUT2D eigenvalue weighted by molar-refractivity contribution is -0.128. The number of nitrogens with zero attached hydrogens (tertiary/aromatic N) is 5. The van der Waals surface area contributed by atoms with E-state index in [1.807, 2.05) is 23.1 Å². The van der Waals surface area contributed by atoms with Crippen LogP contribution in [0.1, 0.15) is 12.0 Å². The molecule has 1 atom stereocenters. The molecule has 0 radical (unpaired) electrons. The summed E-state index contributed by atoms with van der Waals surface area (Å²) in [6, 6.07) is 16.7. The molecule has 7 nitrogen and oxygen atoms in total. The summed E-state index contributed by atoms with van der Waals surface area (Å²) in [4.78, 5) is 40.6. The lowest BCUT2D eigenvalue weighted by Gasteiger charge is -2.36. The first-order valence-corrected chi connectivity index (χ1v) is 12.9. The summed E-state index contributed by atoms with van der Waals surface area (Å²) in [5.41, 5.74) is 3.08. The zero-order valence-corrected chi connectivity index (χ0v) is 20.3. The monoisotopic (exact) mass is 493 g/mol. The molecule has 0 unspecified atom stereocenters. The second-order valence-corrected chi connectivity index (χ2v) is 9.93. The van der Waals surface area contributed by atoms with Crippen molar-refractivity contribution in [2.24, 2.45) is 15.9 Å². The molecule has 0 aliphatic carbocycles. The van der Waals surface area contributed by atoms with Crippen LogP contribution in [0.15, 0.2) is 64.6 Å². The molecule has 9 heteroatoms. The second kappa shape index (κ2) is 10.7. The van der Waals surface area contributed by atoms with Gasteiger partial charge in [0.2, 0.25) is 5.91 Å². The topological polar surface area (TPSA) is 68.6 Å². The van der Waals surface area contributed by atoms with Crippen molar-refractivity contribution in [1.29, 1.82) is 0 Å². The Morgan fingerprint density at radius 3 is 2.46 bits per heavy atom. The fourth-order valence-corrected chi connectivity index (χ4v) is 5.48. The maximum Gasteiger partial charge on any atom is 0.258 e. The predicted octanol–water partition coefficient (Wildman–Crippen LogP) is 3.07. The van der Waals surface area contributed by atoms with Crippen molar-refractivity contribution >= 4 is 40.1 Å². The number of aliphatic imine (C=N–C) groups is 2. The molecule has 2 aromatic rings. The van der Waals surface area contributed by atoms with E-state index in [-0.39, 0.29) is 29.3 Å². The number of amidine groups is 1. The van der Waals surface area contributed by atoms with Gasteiger partial charge in [-0.2, -0.15) is 4.99 Å². The Balaban J connectivity index is 1.10. The normalized spacial score (nSPS) is 20.8. The highest BCUT2D eigenvalue weighted by Gasteiger charge is 2.34. The quantitative estimate of drug-likeness (QED) is 0.641. The van der Waals surface area contributed by atoms with Gasteiger partial charge in [-0.15, -0.1) is 0 Å². The number of fused-ring (bicyclic) bond motifs is 1. The average Bonchev–Trinajstić information content (AvgIpc) is 2.89. The van der Waals surface area contributed by atoms with Crippen LogP contribution in [0, 0.1) is 11.7 Å². The van der Waals surface area contributed by atoms with Crippen LogP contribution in [0.25, 0.3) is 0 Å². The SMILES string of the molecule is O=C1N=C(SCC(=O)N2CCN(c3ccc(F)cc3)CC2)N=C2CCN(Cc3ccccc3)C[C@H]12. The van der Waals surface area contributed by atoms with Gasteiger partial charge in [-0.1, -0.05) is 42.1 Å². The van der Waals surface area contributed by atoms with Crippen LogP contribution in [0.5, 0.6) is 0 Å². The number of anilines is 1. The molecule has 2 amide bonds. The Hall–Kier alpha value is -3.04. The van der Waals surface area contributed by atoms with Crippen molar-refractivity contribution in [3.63, 3.8) is 0 Å². The van der Waals surface area contributed by atoms with Crippen LogP contribution in [-0.4, -0.2) is 77.5 Å². The molecule has 3 aliphatic heterocycles.